The number of hydrogen-bond acceptors (Lipinski definition) is 5. The van der Waals surface area contributed by atoms with E-state index >= 15 is 0 Å². The van der Waals surface area contributed by atoms with E-state index in [1.54, 1.807) is 6.92 Å². The van der Waals surface area contributed by atoms with Gasteiger partial charge in [-0.3, -0.25) is 9.69 Å². The second kappa shape index (κ2) is 6.88. The van der Waals surface area contributed by atoms with Crippen LogP contribution in [0.3, 0.4) is 0 Å². The molecule has 1 atom stereocenters. The van der Waals surface area contributed by atoms with Crippen LogP contribution in [0.1, 0.15) is 26.3 Å². The van der Waals surface area contributed by atoms with Crippen LogP contribution >= 0.6 is 0 Å². The number of nitriles is 1. The first-order valence-electron chi connectivity index (χ1n) is 7.63. The smallest absolute Gasteiger partial charge is 0.235 e. The van der Waals surface area contributed by atoms with Crippen LogP contribution < -0.4 is 14.8 Å². The standard InChI is InChI=1S/C17H23N3O3/c1-12(2)17(3,10-18)19-16(21)9-20(4)8-13-5-6-14-15(7-13)23-11-22-14/h5-7,12H,8-9,11H2,1-4H3,(H,19,21)/t17-/m0/s1. The van der Waals surface area contributed by atoms with Crippen LogP contribution in [0.2, 0.25) is 0 Å². The van der Waals surface area contributed by atoms with Crippen LogP contribution in [0.25, 0.3) is 0 Å². The highest BCUT2D eigenvalue weighted by Crippen LogP contribution is 2.32. The minimum Gasteiger partial charge on any atom is -0.454 e. The molecule has 1 aromatic rings. The van der Waals surface area contributed by atoms with Gasteiger partial charge in [0.1, 0.15) is 5.54 Å². The van der Waals surface area contributed by atoms with E-state index in [-0.39, 0.29) is 25.2 Å². The Balaban J connectivity index is 1.91. The van der Waals surface area contributed by atoms with Crippen molar-refractivity contribution in [3.05, 3.63) is 23.8 Å². The summed E-state index contributed by atoms with van der Waals surface area (Å²) in [6.45, 7) is 6.65. The van der Waals surface area contributed by atoms with Gasteiger partial charge in [-0.25, -0.2) is 0 Å². The maximum Gasteiger partial charge on any atom is 0.235 e. The second-order valence-corrected chi connectivity index (χ2v) is 6.38. The van der Waals surface area contributed by atoms with Crippen molar-refractivity contribution in [3.63, 3.8) is 0 Å². The number of carbonyl (C=O) groups is 1. The van der Waals surface area contributed by atoms with E-state index in [2.05, 4.69) is 11.4 Å². The number of amides is 1. The molecular formula is C17H23N3O3. The number of benzene rings is 1. The molecule has 6 nitrogen and oxygen atoms in total. The van der Waals surface area contributed by atoms with Gasteiger partial charge >= 0.3 is 0 Å². The minimum absolute atomic E-state index is 0.0376. The van der Waals surface area contributed by atoms with Crippen LogP contribution in [-0.2, 0) is 11.3 Å². The van der Waals surface area contributed by atoms with E-state index in [4.69, 9.17) is 9.47 Å². The first kappa shape index (κ1) is 17.1. The molecule has 0 radical (unpaired) electrons. The van der Waals surface area contributed by atoms with E-state index in [9.17, 15) is 10.1 Å². The van der Waals surface area contributed by atoms with Crippen LogP contribution in [0.15, 0.2) is 18.2 Å². The molecule has 0 bridgehead atoms. The van der Waals surface area contributed by atoms with Gasteiger partial charge in [0, 0.05) is 6.54 Å². The monoisotopic (exact) mass is 317 g/mol. The molecule has 0 saturated carbocycles. The molecule has 6 heteroatoms. The average Bonchev–Trinajstić information content (AvgIpc) is 2.93. The Hall–Kier alpha value is -2.26. The van der Waals surface area contributed by atoms with Crippen molar-refractivity contribution in [3.8, 4) is 17.6 Å². The third-order valence-corrected chi connectivity index (χ3v) is 4.09. The number of hydrogen-bond donors (Lipinski definition) is 1. The maximum absolute atomic E-state index is 12.2. The fraction of sp³-hybridized carbons (Fsp3) is 0.529. The van der Waals surface area contributed by atoms with E-state index in [0.717, 1.165) is 17.1 Å². The molecule has 0 spiro atoms. The average molecular weight is 317 g/mol. The molecule has 1 N–H and O–H groups in total. The molecule has 1 heterocycles. The molecule has 0 saturated heterocycles. The number of rotatable bonds is 6. The fourth-order valence-corrected chi connectivity index (χ4v) is 2.28. The Labute approximate surface area is 137 Å². The number of nitrogens with one attached hydrogen (secondary N) is 1. The fourth-order valence-electron chi connectivity index (χ4n) is 2.28. The highest BCUT2D eigenvalue weighted by atomic mass is 16.7. The van der Waals surface area contributed by atoms with Crippen molar-refractivity contribution in [2.45, 2.75) is 32.9 Å². The molecular weight excluding hydrogens is 294 g/mol. The van der Waals surface area contributed by atoms with Crippen LogP contribution in [0, 0.1) is 17.2 Å². The van der Waals surface area contributed by atoms with Gasteiger partial charge in [-0.15, -0.1) is 0 Å². The summed E-state index contributed by atoms with van der Waals surface area (Å²) in [6.07, 6.45) is 0. The Morgan fingerprint density at radius 1 is 1.43 bits per heavy atom. The SMILES string of the molecule is CC(C)[C@](C)(C#N)NC(=O)CN(C)Cc1ccc2c(c1)OCO2. The van der Waals surface area contributed by atoms with E-state index in [0.29, 0.717) is 6.54 Å². The van der Waals surface area contributed by atoms with Crippen molar-refractivity contribution in [1.29, 1.82) is 5.26 Å². The van der Waals surface area contributed by atoms with E-state index in [1.165, 1.54) is 0 Å². The molecule has 1 aromatic carbocycles. The predicted molar refractivity (Wildman–Crippen MR) is 85.9 cm³/mol. The Morgan fingerprint density at radius 3 is 2.78 bits per heavy atom. The molecule has 1 amide bonds. The molecule has 0 aliphatic carbocycles. The summed E-state index contributed by atoms with van der Waals surface area (Å²) in [4.78, 5) is 14.1. The van der Waals surface area contributed by atoms with Crippen LogP contribution in [-0.4, -0.2) is 36.7 Å². The quantitative estimate of drug-likeness (QED) is 0.867. The number of likely N-dealkylation sites (N-methyl/N-ethyl adjacent to an activating group) is 1. The molecule has 1 aliphatic heterocycles. The first-order chi connectivity index (χ1) is 10.8. The molecule has 2 rings (SSSR count). The van der Waals surface area contributed by atoms with Gasteiger partial charge < -0.3 is 14.8 Å². The number of ether oxygens (including phenoxy) is 2. The normalized spacial score (nSPS) is 15.3. The lowest BCUT2D eigenvalue weighted by Gasteiger charge is -2.28. The second-order valence-electron chi connectivity index (χ2n) is 6.38. The molecule has 0 unspecified atom stereocenters. The summed E-state index contributed by atoms with van der Waals surface area (Å²) in [5.41, 5.74) is 0.188. The van der Waals surface area contributed by atoms with Gasteiger partial charge in [0.25, 0.3) is 0 Å². The Kier molecular flexibility index (Phi) is 5.12. The van der Waals surface area contributed by atoms with Gasteiger partial charge in [-0.2, -0.15) is 5.26 Å². The zero-order valence-electron chi connectivity index (χ0n) is 14.0. The van der Waals surface area contributed by atoms with Crippen LogP contribution in [0.5, 0.6) is 11.5 Å². The number of carbonyl (C=O) groups excluding carboxylic acids is 1. The van der Waals surface area contributed by atoms with Gasteiger partial charge in [0.15, 0.2) is 11.5 Å². The lowest BCUT2D eigenvalue weighted by atomic mass is 9.90. The van der Waals surface area contributed by atoms with Crippen molar-refractivity contribution in [2.24, 2.45) is 5.92 Å². The lowest BCUT2D eigenvalue weighted by Crippen LogP contribution is -2.51. The molecule has 124 valence electrons. The zero-order chi connectivity index (χ0) is 17.0. The third-order valence-electron chi connectivity index (χ3n) is 4.09. The van der Waals surface area contributed by atoms with Gasteiger partial charge in [-0.05, 0) is 37.6 Å². The summed E-state index contributed by atoms with van der Waals surface area (Å²) in [7, 11) is 1.86. The largest absolute Gasteiger partial charge is 0.454 e. The summed E-state index contributed by atoms with van der Waals surface area (Å²) < 4.78 is 10.6. The highest BCUT2D eigenvalue weighted by molar-refractivity contribution is 5.79. The van der Waals surface area contributed by atoms with Crippen molar-refractivity contribution < 1.29 is 14.3 Å². The van der Waals surface area contributed by atoms with Gasteiger partial charge in [0.05, 0.1) is 12.6 Å². The lowest BCUT2D eigenvalue weighted by molar-refractivity contribution is -0.123. The molecule has 0 aromatic heterocycles. The summed E-state index contributed by atoms with van der Waals surface area (Å²) in [5.74, 6) is 1.36. The molecule has 0 fully saturated rings. The maximum atomic E-state index is 12.2. The minimum atomic E-state index is -0.851. The summed E-state index contributed by atoms with van der Waals surface area (Å²) in [6, 6.07) is 7.93. The molecule has 23 heavy (non-hydrogen) atoms. The van der Waals surface area contributed by atoms with Crippen LogP contribution in [0.4, 0.5) is 0 Å². The third kappa shape index (κ3) is 4.14. The highest BCUT2D eigenvalue weighted by Gasteiger charge is 2.30. The van der Waals surface area contributed by atoms with Crippen molar-refractivity contribution in [2.75, 3.05) is 20.4 Å². The van der Waals surface area contributed by atoms with E-state index in [1.807, 2.05) is 44.0 Å². The topological polar surface area (TPSA) is 74.6 Å². The molecule has 1 aliphatic rings. The summed E-state index contributed by atoms with van der Waals surface area (Å²) in [5, 5.41) is 12.1. The number of nitrogens with zero attached hydrogens (tertiary/aromatic N) is 2. The van der Waals surface area contributed by atoms with Crippen molar-refractivity contribution in [1.82, 2.24) is 10.2 Å². The number of fused-ring (bicyclic) bond motifs is 1. The summed E-state index contributed by atoms with van der Waals surface area (Å²) >= 11 is 0. The Morgan fingerprint density at radius 2 is 2.13 bits per heavy atom. The van der Waals surface area contributed by atoms with Crippen molar-refractivity contribution >= 4 is 5.91 Å². The van der Waals surface area contributed by atoms with Gasteiger partial charge in [-0.1, -0.05) is 19.9 Å². The Bertz CT molecular complexity index is 624. The van der Waals surface area contributed by atoms with E-state index < -0.39 is 5.54 Å². The zero-order valence-corrected chi connectivity index (χ0v) is 14.0. The predicted octanol–water partition coefficient (Wildman–Crippen LogP) is 1.90. The first-order valence-corrected chi connectivity index (χ1v) is 7.63. The van der Waals surface area contributed by atoms with Gasteiger partial charge in [0.2, 0.25) is 12.7 Å².